The molecule has 42 heavy (non-hydrogen) atoms. The quantitative estimate of drug-likeness (QED) is 0.109. The Kier molecular flexibility index (Phi) is 10.2. The Labute approximate surface area is 243 Å². The van der Waals surface area contributed by atoms with Crippen molar-refractivity contribution in [1.82, 2.24) is 0 Å². The van der Waals surface area contributed by atoms with Gasteiger partial charge in [-0.2, -0.15) is 0 Å². The summed E-state index contributed by atoms with van der Waals surface area (Å²) in [5.41, 5.74) is 0.778. The van der Waals surface area contributed by atoms with Gasteiger partial charge in [0, 0.05) is 5.56 Å². The van der Waals surface area contributed by atoms with Gasteiger partial charge in [0.15, 0.2) is 11.5 Å². The fourth-order valence-corrected chi connectivity index (χ4v) is 4.00. The minimum atomic E-state index is -0.793. The molecule has 4 aromatic rings. The highest BCUT2D eigenvalue weighted by Crippen LogP contribution is 2.43. The Bertz CT molecular complexity index is 1550. The molecule has 0 aliphatic carbocycles. The van der Waals surface area contributed by atoms with Crippen LogP contribution < -0.4 is 14.2 Å². The van der Waals surface area contributed by atoms with Crippen LogP contribution in [0.15, 0.2) is 97.1 Å². The second-order valence-electron chi connectivity index (χ2n) is 9.32. The van der Waals surface area contributed by atoms with Crippen molar-refractivity contribution in [3.63, 3.8) is 0 Å². The second-order valence-corrected chi connectivity index (χ2v) is 9.32. The van der Waals surface area contributed by atoms with Gasteiger partial charge in [0.1, 0.15) is 0 Å². The molecule has 0 aromatic heterocycles. The predicted molar refractivity (Wildman–Crippen MR) is 155 cm³/mol. The number of carbonyl (C=O) groups excluding carboxylic acids is 4. The highest BCUT2D eigenvalue weighted by molar-refractivity contribution is 5.98. The average Bonchev–Trinajstić information content (AvgIpc) is 3.03. The van der Waals surface area contributed by atoms with Gasteiger partial charge < -0.3 is 18.9 Å². The molecular formula is C34H30O8. The first-order valence-corrected chi connectivity index (χ1v) is 13.6. The molecule has 0 spiro atoms. The summed E-state index contributed by atoms with van der Waals surface area (Å²) in [5, 5.41) is 0. The molecule has 0 heterocycles. The van der Waals surface area contributed by atoms with Crippen molar-refractivity contribution in [2.24, 2.45) is 0 Å². The van der Waals surface area contributed by atoms with Crippen molar-refractivity contribution < 1.29 is 38.1 Å². The van der Waals surface area contributed by atoms with Crippen molar-refractivity contribution in [3.8, 4) is 17.2 Å². The minimum Gasteiger partial charge on any atom is -0.462 e. The summed E-state index contributed by atoms with van der Waals surface area (Å²) in [6.45, 7) is 3.73. The average molecular weight is 567 g/mol. The first kappa shape index (κ1) is 29.7. The molecule has 0 aliphatic heterocycles. The summed E-state index contributed by atoms with van der Waals surface area (Å²) in [6.07, 6.45) is 2.48. The number of carbonyl (C=O) groups is 4. The first-order chi connectivity index (χ1) is 20.4. The summed E-state index contributed by atoms with van der Waals surface area (Å²) >= 11 is 0. The standard InChI is InChI=1S/C34H30O8/c1-3-4-14-21-39-34(38)27-22-28(40-31(35)24-15-8-5-9-16-24)30(42-33(37)26-19-12-7-13-20-26)29(23(27)2)41-32(36)25-17-10-6-11-18-25/h5-13,15-20,22H,3-4,14,21H2,1-2H3. The van der Waals surface area contributed by atoms with Crippen LogP contribution in [0.25, 0.3) is 0 Å². The van der Waals surface area contributed by atoms with Gasteiger partial charge in [-0.05, 0) is 55.8 Å². The molecule has 4 aromatic carbocycles. The van der Waals surface area contributed by atoms with Crippen LogP contribution in [0.1, 0.15) is 73.2 Å². The highest BCUT2D eigenvalue weighted by Gasteiger charge is 2.29. The fourth-order valence-electron chi connectivity index (χ4n) is 4.00. The topological polar surface area (TPSA) is 105 Å². The molecule has 0 fully saturated rings. The van der Waals surface area contributed by atoms with Crippen molar-refractivity contribution in [1.29, 1.82) is 0 Å². The van der Waals surface area contributed by atoms with Crippen LogP contribution >= 0.6 is 0 Å². The van der Waals surface area contributed by atoms with Crippen molar-refractivity contribution >= 4 is 23.9 Å². The van der Waals surface area contributed by atoms with E-state index in [1.165, 1.54) is 13.0 Å². The monoisotopic (exact) mass is 566 g/mol. The molecule has 214 valence electrons. The van der Waals surface area contributed by atoms with Crippen LogP contribution in [-0.4, -0.2) is 30.5 Å². The number of unbranched alkanes of at least 4 members (excludes halogenated alkanes) is 2. The third kappa shape index (κ3) is 7.48. The molecule has 0 amide bonds. The maximum absolute atomic E-state index is 13.2. The molecule has 4 rings (SSSR count). The molecule has 0 aliphatic rings. The van der Waals surface area contributed by atoms with E-state index < -0.39 is 23.9 Å². The number of esters is 4. The largest absolute Gasteiger partial charge is 0.462 e. The van der Waals surface area contributed by atoms with E-state index in [1.807, 2.05) is 6.92 Å². The molecule has 0 atom stereocenters. The predicted octanol–water partition coefficient (Wildman–Crippen LogP) is 7.00. The van der Waals surface area contributed by atoms with Crippen LogP contribution in [-0.2, 0) is 4.74 Å². The van der Waals surface area contributed by atoms with Crippen LogP contribution in [0.4, 0.5) is 0 Å². The molecule has 0 saturated heterocycles. The molecule has 0 N–H and O–H groups in total. The minimum absolute atomic E-state index is 0.0160. The zero-order valence-corrected chi connectivity index (χ0v) is 23.3. The molecule has 0 bridgehead atoms. The Balaban J connectivity index is 1.83. The van der Waals surface area contributed by atoms with E-state index in [0.717, 1.165) is 12.8 Å². The third-order valence-corrected chi connectivity index (χ3v) is 6.27. The van der Waals surface area contributed by atoms with Gasteiger partial charge in [-0.3, -0.25) is 0 Å². The van der Waals surface area contributed by atoms with Crippen LogP contribution in [0.2, 0.25) is 0 Å². The normalized spacial score (nSPS) is 10.4. The Morgan fingerprint density at radius 3 is 1.50 bits per heavy atom. The molecular weight excluding hydrogens is 536 g/mol. The summed E-state index contributed by atoms with van der Waals surface area (Å²) in [5.74, 6) is -3.94. The van der Waals surface area contributed by atoms with Gasteiger partial charge in [0.25, 0.3) is 0 Å². The lowest BCUT2D eigenvalue weighted by atomic mass is 10.1. The van der Waals surface area contributed by atoms with E-state index in [0.29, 0.717) is 6.42 Å². The number of benzene rings is 4. The maximum atomic E-state index is 13.2. The van der Waals surface area contributed by atoms with Gasteiger partial charge in [0.2, 0.25) is 5.75 Å². The van der Waals surface area contributed by atoms with Crippen LogP contribution in [0.5, 0.6) is 17.2 Å². The lowest BCUT2D eigenvalue weighted by Crippen LogP contribution is -2.18. The summed E-state index contributed by atoms with van der Waals surface area (Å²) in [6, 6.07) is 25.7. The van der Waals surface area contributed by atoms with E-state index in [2.05, 4.69) is 0 Å². The SMILES string of the molecule is CCCCCOC(=O)c1cc(OC(=O)c2ccccc2)c(OC(=O)c2ccccc2)c(OC(=O)c2ccccc2)c1C. The zero-order chi connectivity index (χ0) is 29.9. The van der Waals surface area contributed by atoms with Crippen molar-refractivity contribution in [2.45, 2.75) is 33.1 Å². The lowest BCUT2D eigenvalue weighted by molar-refractivity contribution is 0.0492. The maximum Gasteiger partial charge on any atom is 0.343 e. The Morgan fingerprint density at radius 1 is 0.571 bits per heavy atom. The van der Waals surface area contributed by atoms with E-state index in [9.17, 15) is 19.2 Å². The first-order valence-electron chi connectivity index (χ1n) is 13.6. The summed E-state index contributed by atoms with van der Waals surface area (Å²) in [4.78, 5) is 52.6. The van der Waals surface area contributed by atoms with Gasteiger partial charge >= 0.3 is 23.9 Å². The van der Waals surface area contributed by atoms with E-state index in [1.54, 1.807) is 91.0 Å². The zero-order valence-electron chi connectivity index (χ0n) is 23.3. The van der Waals surface area contributed by atoms with Crippen LogP contribution in [0.3, 0.4) is 0 Å². The number of hydrogen-bond acceptors (Lipinski definition) is 8. The van der Waals surface area contributed by atoms with Gasteiger partial charge in [-0.25, -0.2) is 19.2 Å². The van der Waals surface area contributed by atoms with Crippen LogP contribution in [0, 0.1) is 6.92 Å². The van der Waals surface area contributed by atoms with E-state index >= 15 is 0 Å². The third-order valence-electron chi connectivity index (χ3n) is 6.27. The van der Waals surface area contributed by atoms with Crippen molar-refractivity contribution in [2.75, 3.05) is 6.61 Å². The smallest absolute Gasteiger partial charge is 0.343 e. The van der Waals surface area contributed by atoms with Gasteiger partial charge in [-0.15, -0.1) is 0 Å². The molecule has 8 nitrogen and oxygen atoms in total. The second kappa shape index (κ2) is 14.4. The number of ether oxygens (including phenoxy) is 4. The van der Waals surface area contributed by atoms with Gasteiger partial charge in [-0.1, -0.05) is 74.4 Å². The number of hydrogen-bond donors (Lipinski definition) is 0. The molecule has 8 heteroatoms. The lowest BCUT2D eigenvalue weighted by Gasteiger charge is -2.19. The highest BCUT2D eigenvalue weighted by atomic mass is 16.6. The van der Waals surface area contributed by atoms with E-state index in [4.69, 9.17) is 18.9 Å². The Hall–Kier alpha value is -5.24. The van der Waals surface area contributed by atoms with Crippen molar-refractivity contribution in [3.05, 3.63) is 125 Å². The molecule has 0 unspecified atom stereocenters. The summed E-state index contributed by atoms with van der Waals surface area (Å²) < 4.78 is 22.6. The number of rotatable bonds is 11. The molecule has 0 saturated carbocycles. The van der Waals surface area contributed by atoms with E-state index in [-0.39, 0.29) is 51.7 Å². The Morgan fingerprint density at radius 2 is 1.02 bits per heavy atom. The van der Waals surface area contributed by atoms with Gasteiger partial charge in [0.05, 0.1) is 28.9 Å². The molecule has 0 radical (unpaired) electrons. The fraction of sp³-hybridized carbons (Fsp3) is 0.176. The summed E-state index contributed by atoms with van der Waals surface area (Å²) in [7, 11) is 0.